The minimum absolute atomic E-state index is 0.0654. The van der Waals surface area contributed by atoms with Gasteiger partial charge >= 0.3 is 0 Å². The number of ether oxygens (including phenoxy) is 1. The van der Waals surface area contributed by atoms with Crippen LogP contribution < -0.4 is 5.32 Å². The first-order valence-electron chi connectivity index (χ1n) is 8.55. The first-order valence-corrected chi connectivity index (χ1v) is 8.93. The molecule has 0 saturated carbocycles. The van der Waals surface area contributed by atoms with Gasteiger partial charge in [0.25, 0.3) is 5.91 Å². The van der Waals surface area contributed by atoms with Gasteiger partial charge < -0.3 is 15.0 Å². The SMILES string of the molecule is CCN(CC)C(=O)c1ccc(NC(=O)CCC2CCCO2)cc1Cl. The highest BCUT2D eigenvalue weighted by atomic mass is 35.5. The number of amides is 2. The second kappa shape index (κ2) is 9.04. The molecule has 6 heteroatoms. The van der Waals surface area contributed by atoms with Gasteiger partial charge in [0, 0.05) is 31.8 Å². The molecule has 132 valence electrons. The zero-order valence-electron chi connectivity index (χ0n) is 14.3. The van der Waals surface area contributed by atoms with E-state index in [4.69, 9.17) is 16.3 Å². The highest BCUT2D eigenvalue weighted by Crippen LogP contribution is 2.23. The number of nitrogens with one attached hydrogen (secondary N) is 1. The van der Waals surface area contributed by atoms with Gasteiger partial charge in [0.15, 0.2) is 0 Å². The molecule has 1 N–H and O–H groups in total. The smallest absolute Gasteiger partial charge is 0.255 e. The molecule has 24 heavy (non-hydrogen) atoms. The Bertz CT molecular complexity index is 582. The van der Waals surface area contributed by atoms with E-state index >= 15 is 0 Å². The Morgan fingerprint density at radius 3 is 2.67 bits per heavy atom. The van der Waals surface area contributed by atoms with Gasteiger partial charge in [0.1, 0.15) is 0 Å². The van der Waals surface area contributed by atoms with Crippen molar-refractivity contribution in [1.82, 2.24) is 4.90 Å². The minimum Gasteiger partial charge on any atom is -0.378 e. The maximum Gasteiger partial charge on any atom is 0.255 e. The molecule has 0 radical (unpaired) electrons. The van der Waals surface area contributed by atoms with Crippen LogP contribution >= 0.6 is 11.6 Å². The maximum absolute atomic E-state index is 12.4. The van der Waals surface area contributed by atoms with Gasteiger partial charge in [0.05, 0.1) is 16.7 Å². The molecule has 0 aromatic heterocycles. The summed E-state index contributed by atoms with van der Waals surface area (Å²) in [4.78, 5) is 26.1. The van der Waals surface area contributed by atoms with Crippen LogP contribution in [-0.2, 0) is 9.53 Å². The molecule has 1 saturated heterocycles. The molecular formula is C18H25ClN2O3. The summed E-state index contributed by atoms with van der Waals surface area (Å²) >= 11 is 6.23. The molecule has 0 bridgehead atoms. The van der Waals surface area contributed by atoms with Crippen LogP contribution in [0.15, 0.2) is 18.2 Å². The molecule has 1 fully saturated rings. The number of carbonyl (C=O) groups excluding carboxylic acids is 2. The van der Waals surface area contributed by atoms with E-state index < -0.39 is 0 Å². The lowest BCUT2D eigenvalue weighted by Gasteiger charge is -2.19. The lowest BCUT2D eigenvalue weighted by Crippen LogP contribution is -2.30. The molecule has 0 aliphatic carbocycles. The molecule has 1 unspecified atom stereocenters. The standard InChI is InChI=1S/C18H25ClN2O3/c1-3-21(4-2)18(23)15-9-7-13(12-16(15)19)20-17(22)10-8-14-6-5-11-24-14/h7,9,12,14H,3-6,8,10-11H2,1-2H3,(H,20,22). The van der Waals surface area contributed by atoms with Gasteiger partial charge in [-0.25, -0.2) is 0 Å². The summed E-state index contributed by atoms with van der Waals surface area (Å²) in [5, 5.41) is 3.18. The van der Waals surface area contributed by atoms with Crippen LogP contribution in [0, 0.1) is 0 Å². The van der Waals surface area contributed by atoms with Crippen LogP contribution in [0.5, 0.6) is 0 Å². The van der Waals surface area contributed by atoms with Gasteiger partial charge in [-0.1, -0.05) is 11.6 Å². The average molecular weight is 353 g/mol. The fraction of sp³-hybridized carbons (Fsp3) is 0.556. The van der Waals surface area contributed by atoms with E-state index in [1.807, 2.05) is 13.8 Å². The number of carbonyl (C=O) groups is 2. The van der Waals surface area contributed by atoms with Crippen LogP contribution in [0.25, 0.3) is 0 Å². The summed E-state index contributed by atoms with van der Waals surface area (Å²) in [6.45, 7) is 5.92. The third kappa shape index (κ3) is 4.95. The summed E-state index contributed by atoms with van der Waals surface area (Å²) < 4.78 is 5.52. The number of rotatable bonds is 7. The van der Waals surface area contributed by atoms with Crippen LogP contribution in [0.4, 0.5) is 5.69 Å². The van der Waals surface area contributed by atoms with E-state index in [0.29, 0.717) is 35.8 Å². The van der Waals surface area contributed by atoms with Crippen molar-refractivity contribution < 1.29 is 14.3 Å². The van der Waals surface area contributed by atoms with Gasteiger partial charge in [0.2, 0.25) is 5.91 Å². The quantitative estimate of drug-likeness (QED) is 0.813. The van der Waals surface area contributed by atoms with Crippen LogP contribution in [0.2, 0.25) is 5.02 Å². The predicted octanol–water partition coefficient (Wildman–Crippen LogP) is 3.72. The zero-order valence-corrected chi connectivity index (χ0v) is 15.1. The Balaban J connectivity index is 1.93. The van der Waals surface area contributed by atoms with E-state index in [-0.39, 0.29) is 17.9 Å². The molecule has 1 aromatic carbocycles. The Hall–Kier alpha value is -1.59. The number of halogens is 1. The second-order valence-electron chi connectivity index (χ2n) is 5.89. The number of hydrogen-bond acceptors (Lipinski definition) is 3. The van der Waals surface area contributed by atoms with Crippen molar-refractivity contribution in [3.8, 4) is 0 Å². The third-order valence-electron chi connectivity index (χ3n) is 4.25. The lowest BCUT2D eigenvalue weighted by molar-refractivity contribution is -0.116. The Labute approximate surface area is 148 Å². The van der Waals surface area contributed by atoms with Crippen molar-refractivity contribution in [3.63, 3.8) is 0 Å². The Morgan fingerprint density at radius 2 is 2.08 bits per heavy atom. The Kier molecular flexibility index (Phi) is 7.06. The van der Waals surface area contributed by atoms with Crippen molar-refractivity contribution >= 4 is 29.1 Å². The number of benzene rings is 1. The summed E-state index contributed by atoms with van der Waals surface area (Å²) in [5.74, 6) is -0.161. The van der Waals surface area contributed by atoms with Crippen molar-refractivity contribution in [1.29, 1.82) is 0 Å². The number of anilines is 1. The first-order chi connectivity index (χ1) is 11.5. The van der Waals surface area contributed by atoms with E-state index in [0.717, 1.165) is 25.9 Å². The monoisotopic (exact) mass is 352 g/mol. The first kappa shape index (κ1) is 18.7. The normalized spacial score (nSPS) is 16.9. The summed E-state index contributed by atoms with van der Waals surface area (Å²) in [6, 6.07) is 5.01. The molecule has 1 aromatic rings. The Morgan fingerprint density at radius 1 is 1.33 bits per heavy atom. The molecule has 2 rings (SSSR count). The topological polar surface area (TPSA) is 58.6 Å². The van der Waals surface area contributed by atoms with E-state index in [2.05, 4.69) is 5.32 Å². The number of nitrogens with zero attached hydrogens (tertiary/aromatic N) is 1. The molecule has 0 spiro atoms. The van der Waals surface area contributed by atoms with Gasteiger partial charge in [-0.15, -0.1) is 0 Å². The molecule has 1 atom stereocenters. The van der Waals surface area contributed by atoms with Crippen molar-refractivity contribution in [2.45, 2.75) is 45.6 Å². The summed E-state index contributed by atoms with van der Waals surface area (Å²) in [7, 11) is 0. The predicted molar refractivity (Wildman–Crippen MR) is 95.5 cm³/mol. The van der Waals surface area contributed by atoms with Crippen molar-refractivity contribution in [2.75, 3.05) is 25.0 Å². The third-order valence-corrected chi connectivity index (χ3v) is 4.56. The van der Waals surface area contributed by atoms with Crippen molar-refractivity contribution in [2.24, 2.45) is 0 Å². The zero-order chi connectivity index (χ0) is 17.5. The lowest BCUT2D eigenvalue weighted by atomic mass is 10.1. The fourth-order valence-corrected chi connectivity index (χ4v) is 3.10. The molecule has 1 aliphatic rings. The maximum atomic E-state index is 12.4. The summed E-state index contributed by atoms with van der Waals surface area (Å²) in [5.41, 5.74) is 1.06. The minimum atomic E-state index is -0.0961. The van der Waals surface area contributed by atoms with Crippen LogP contribution in [0.1, 0.15) is 49.9 Å². The molecular weight excluding hydrogens is 328 g/mol. The highest BCUT2D eigenvalue weighted by Gasteiger charge is 2.18. The van der Waals surface area contributed by atoms with Crippen LogP contribution in [-0.4, -0.2) is 42.5 Å². The van der Waals surface area contributed by atoms with Gasteiger partial charge in [-0.3, -0.25) is 9.59 Å². The van der Waals surface area contributed by atoms with Crippen LogP contribution in [0.3, 0.4) is 0 Å². The van der Waals surface area contributed by atoms with E-state index in [1.165, 1.54) is 0 Å². The highest BCUT2D eigenvalue weighted by molar-refractivity contribution is 6.34. The fourth-order valence-electron chi connectivity index (χ4n) is 2.84. The average Bonchev–Trinajstić information content (AvgIpc) is 3.07. The molecule has 1 aliphatic heterocycles. The summed E-state index contributed by atoms with van der Waals surface area (Å²) in [6.07, 6.45) is 3.46. The van der Waals surface area contributed by atoms with E-state index in [1.54, 1.807) is 23.1 Å². The second-order valence-corrected chi connectivity index (χ2v) is 6.30. The van der Waals surface area contributed by atoms with E-state index in [9.17, 15) is 9.59 Å². The molecule has 5 nitrogen and oxygen atoms in total. The molecule has 1 heterocycles. The van der Waals surface area contributed by atoms with Gasteiger partial charge in [-0.2, -0.15) is 0 Å². The van der Waals surface area contributed by atoms with Crippen molar-refractivity contribution in [3.05, 3.63) is 28.8 Å². The largest absolute Gasteiger partial charge is 0.378 e. The number of hydrogen-bond donors (Lipinski definition) is 1. The molecule has 2 amide bonds. The van der Waals surface area contributed by atoms with Gasteiger partial charge in [-0.05, 0) is 51.3 Å².